The first-order valence-electron chi connectivity index (χ1n) is 8.54. The molecule has 0 bridgehead atoms. The Bertz CT molecular complexity index is 1010. The minimum absolute atomic E-state index is 0.181. The summed E-state index contributed by atoms with van der Waals surface area (Å²) in [5.41, 5.74) is -0.0618. The van der Waals surface area contributed by atoms with Crippen molar-refractivity contribution in [2.45, 2.75) is 45.5 Å². The average Bonchev–Trinajstić information content (AvgIpc) is 3.00. The molecule has 0 saturated heterocycles. The van der Waals surface area contributed by atoms with Gasteiger partial charge in [-0.25, -0.2) is 9.67 Å². The van der Waals surface area contributed by atoms with E-state index in [-0.39, 0.29) is 11.1 Å². The Labute approximate surface area is 152 Å². The van der Waals surface area contributed by atoms with Crippen LogP contribution < -0.4 is 5.56 Å². The van der Waals surface area contributed by atoms with Crippen LogP contribution in [0.3, 0.4) is 0 Å². The summed E-state index contributed by atoms with van der Waals surface area (Å²) in [6.07, 6.45) is -3.06. The van der Waals surface area contributed by atoms with E-state index in [0.717, 1.165) is 18.6 Å². The van der Waals surface area contributed by atoms with Gasteiger partial charge in [-0.15, -0.1) is 0 Å². The first-order chi connectivity index (χ1) is 12.8. The lowest BCUT2D eigenvalue weighted by molar-refractivity contribution is -0.137. The van der Waals surface area contributed by atoms with Crippen molar-refractivity contribution in [1.82, 2.24) is 19.7 Å². The molecule has 0 spiro atoms. The first-order valence-corrected chi connectivity index (χ1v) is 8.54. The van der Waals surface area contributed by atoms with E-state index < -0.39 is 29.9 Å². The summed E-state index contributed by atoms with van der Waals surface area (Å²) in [6.45, 7) is 3.26. The number of nitrogens with one attached hydrogen (secondary N) is 1. The molecule has 2 aromatic heterocycles. The Morgan fingerprint density at radius 2 is 1.93 bits per heavy atom. The van der Waals surface area contributed by atoms with Gasteiger partial charge in [0.15, 0.2) is 5.65 Å². The number of aromatic amines is 1. The molecular weight excluding hydrogens is 361 g/mol. The summed E-state index contributed by atoms with van der Waals surface area (Å²) >= 11 is 0. The number of halogens is 3. The molecular formula is C18H19F3N4O2. The Morgan fingerprint density at radius 3 is 2.48 bits per heavy atom. The topological polar surface area (TPSA) is 83.8 Å². The Kier molecular flexibility index (Phi) is 5.05. The van der Waals surface area contributed by atoms with Gasteiger partial charge in [0.2, 0.25) is 0 Å². The number of H-pyrrole nitrogens is 1. The number of alkyl halides is 3. The molecule has 144 valence electrons. The minimum atomic E-state index is -4.41. The van der Waals surface area contributed by atoms with Gasteiger partial charge in [-0.2, -0.15) is 18.3 Å². The van der Waals surface area contributed by atoms with Crippen LogP contribution in [0.1, 0.15) is 49.0 Å². The third kappa shape index (κ3) is 3.59. The molecule has 1 aromatic carbocycles. The summed E-state index contributed by atoms with van der Waals surface area (Å²) in [4.78, 5) is 19.5. The van der Waals surface area contributed by atoms with Gasteiger partial charge in [0.1, 0.15) is 16.9 Å². The van der Waals surface area contributed by atoms with Gasteiger partial charge in [0.05, 0.1) is 18.2 Å². The molecule has 2 N–H and O–H groups in total. The van der Waals surface area contributed by atoms with Crippen LogP contribution in [0, 0.1) is 0 Å². The summed E-state index contributed by atoms with van der Waals surface area (Å²) in [5, 5.41) is 14.0. The summed E-state index contributed by atoms with van der Waals surface area (Å²) in [5.74, 6) is 0.500. The molecule has 0 fully saturated rings. The van der Waals surface area contributed by atoms with Gasteiger partial charge in [-0.05, 0) is 31.0 Å². The van der Waals surface area contributed by atoms with Crippen molar-refractivity contribution in [2.75, 3.05) is 0 Å². The van der Waals surface area contributed by atoms with Crippen LogP contribution in [0.5, 0.6) is 0 Å². The zero-order valence-electron chi connectivity index (χ0n) is 14.8. The molecule has 6 nitrogen and oxygen atoms in total. The van der Waals surface area contributed by atoms with Crippen LogP contribution in [0.15, 0.2) is 29.1 Å². The van der Waals surface area contributed by atoms with Gasteiger partial charge in [-0.1, -0.05) is 19.1 Å². The standard InChI is InChI=1S/C18H19F3N4O2/c1-3-4-14-22-16-15(17(27)23-14)13(9-26)24-25(16)10(2)11-5-7-12(8-6-11)18(19,20)21/h5-8,10,26H,3-4,9H2,1-2H3,(H,22,23,27)/t10-/m1/s1. The lowest BCUT2D eigenvalue weighted by Gasteiger charge is -2.15. The number of aromatic nitrogens is 4. The molecule has 0 unspecified atom stereocenters. The molecule has 3 aromatic rings. The third-order valence-corrected chi connectivity index (χ3v) is 4.41. The molecule has 0 aliphatic rings. The molecule has 0 aliphatic heterocycles. The molecule has 3 rings (SSSR count). The van der Waals surface area contributed by atoms with E-state index in [0.29, 0.717) is 23.5 Å². The van der Waals surface area contributed by atoms with Crippen molar-refractivity contribution in [3.8, 4) is 0 Å². The smallest absolute Gasteiger partial charge is 0.390 e. The molecule has 2 heterocycles. The molecule has 9 heteroatoms. The Morgan fingerprint density at radius 1 is 1.26 bits per heavy atom. The molecule has 0 radical (unpaired) electrons. The third-order valence-electron chi connectivity index (χ3n) is 4.41. The van der Waals surface area contributed by atoms with Crippen molar-refractivity contribution in [1.29, 1.82) is 0 Å². The lowest BCUT2D eigenvalue weighted by Crippen LogP contribution is -2.15. The van der Waals surface area contributed by atoms with E-state index in [9.17, 15) is 23.1 Å². The van der Waals surface area contributed by atoms with Gasteiger partial charge in [-0.3, -0.25) is 4.79 Å². The van der Waals surface area contributed by atoms with Crippen LogP contribution in [0.25, 0.3) is 11.0 Å². The number of hydrogen-bond donors (Lipinski definition) is 2. The van der Waals surface area contributed by atoms with Crippen molar-refractivity contribution < 1.29 is 18.3 Å². The average molecular weight is 380 g/mol. The summed E-state index contributed by atoms with van der Waals surface area (Å²) in [6, 6.07) is 4.29. The normalized spacial score (nSPS) is 13.3. The highest BCUT2D eigenvalue weighted by atomic mass is 19.4. The first kappa shape index (κ1) is 19.1. The molecule has 0 saturated carbocycles. The van der Waals surface area contributed by atoms with E-state index >= 15 is 0 Å². The van der Waals surface area contributed by atoms with Crippen LogP contribution in [-0.2, 0) is 19.2 Å². The number of aliphatic hydroxyl groups is 1. The van der Waals surface area contributed by atoms with Crippen molar-refractivity contribution in [3.05, 3.63) is 57.3 Å². The zero-order chi connectivity index (χ0) is 19.8. The van der Waals surface area contributed by atoms with Crippen molar-refractivity contribution in [2.24, 2.45) is 0 Å². The maximum absolute atomic E-state index is 12.8. The fraction of sp³-hybridized carbons (Fsp3) is 0.389. The fourth-order valence-corrected chi connectivity index (χ4v) is 2.99. The van der Waals surface area contributed by atoms with E-state index in [4.69, 9.17) is 0 Å². The van der Waals surface area contributed by atoms with E-state index in [2.05, 4.69) is 15.1 Å². The number of aliphatic hydroxyl groups excluding tert-OH is 1. The second kappa shape index (κ2) is 7.15. The SMILES string of the molecule is CCCc1nc2c(c(CO)nn2[C@H](C)c2ccc(C(F)(F)F)cc2)c(=O)[nH]1. The maximum atomic E-state index is 12.8. The number of fused-ring (bicyclic) bond motifs is 1. The van der Waals surface area contributed by atoms with Crippen LogP contribution in [0.2, 0.25) is 0 Å². The second-order valence-corrected chi connectivity index (χ2v) is 6.31. The van der Waals surface area contributed by atoms with E-state index in [1.54, 1.807) is 6.92 Å². The molecule has 1 atom stereocenters. The van der Waals surface area contributed by atoms with Gasteiger partial charge >= 0.3 is 6.18 Å². The van der Waals surface area contributed by atoms with E-state index in [1.807, 2.05) is 6.92 Å². The highest BCUT2D eigenvalue weighted by molar-refractivity contribution is 5.77. The van der Waals surface area contributed by atoms with Crippen LogP contribution in [-0.4, -0.2) is 24.9 Å². The number of nitrogens with zero attached hydrogens (tertiary/aromatic N) is 3. The van der Waals surface area contributed by atoms with Crippen molar-refractivity contribution >= 4 is 11.0 Å². The molecule has 0 amide bonds. The Balaban J connectivity index is 2.11. The Hall–Kier alpha value is -2.68. The maximum Gasteiger partial charge on any atom is 0.416 e. The summed E-state index contributed by atoms with van der Waals surface area (Å²) < 4.78 is 39.8. The quantitative estimate of drug-likeness (QED) is 0.712. The largest absolute Gasteiger partial charge is 0.416 e. The van der Waals surface area contributed by atoms with Crippen LogP contribution >= 0.6 is 0 Å². The van der Waals surface area contributed by atoms with Gasteiger partial charge < -0.3 is 10.1 Å². The number of hydrogen-bond acceptors (Lipinski definition) is 4. The van der Waals surface area contributed by atoms with Crippen LogP contribution in [0.4, 0.5) is 13.2 Å². The highest BCUT2D eigenvalue weighted by Crippen LogP contribution is 2.31. The van der Waals surface area contributed by atoms with Crippen molar-refractivity contribution in [3.63, 3.8) is 0 Å². The van der Waals surface area contributed by atoms with Gasteiger partial charge in [0, 0.05) is 6.42 Å². The lowest BCUT2D eigenvalue weighted by atomic mass is 10.1. The predicted molar refractivity (Wildman–Crippen MR) is 93.3 cm³/mol. The predicted octanol–water partition coefficient (Wildman–Crippen LogP) is 3.19. The second-order valence-electron chi connectivity index (χ2n) is 6.31. The minimum Gasteiger partial charge on any atom is -0.390 e. The molecule has 0 aliphatic carbocycles. The van der Waals surface area contributed by atoms with Gasteiger partial charge in [0.25, 0.3) is 5.56 Å². The molecule has 27 heavy (non-hydrogen) atoms. The number of rotatable bonds is 5. The fourth-order valence-electron chi connectivity index (χ4n) is 2.99. The van der Waals surface area contributed by atoms with E-state index in [1.165, 1.54) is 16.8 Å². The summed E-state index contributed by atoms with van der Waals surface area (Å²) in [7, 11) is 0. The number of benzene rings is 1. The highest BCUT2D eigenvalue weighted by Gasteiger charge is 2.30. The zero-order valence-corrected chi connectivity index (χ0v) is 14.8. The monoisotopic (exact) mass is 380 g/mol. The number of aryl methyl sites for hydroxylation is 1.